The number of aliphatic hydroxyl groups is 1. The van der Waals surface area contributed by atoms with Crippen molar-refractivity contribution in [2.45, 2.75) is 144 Å². The Kier molecular flexibility index (Phi) is 10.4. The van der Waals surface area contributed by atoms with Crippen LogP contribution in [0.4, 0.5) is 0 Å². The SMILES string of the molecule is CC(C)c1cc(C(C)C)c(CC2(Cc3c(C(C)C)cc(C(C)C)cc3C(C)C)C[C@@H](CO)NC2=O)c(C(C)C)c1. The zero-order chi connectivity index (χ0) is 30.1. The van der Waals surface area contributed by atoms with E-state index in [1.54, 1.807) is 0 Å². The lowest BCUT2D eigenvalue weighted by atomic mass is 9.68. The number of nitrogens with one attached hydrogen (secondary N) is 1. The predicted octanol–water partition coefficient (Wildman–Crippen LogP) is 9.08. The first-order chi connectivity index (χ1) is 18.6. The normalized spacial score (nSPS) is 17.4. The van der Waals surface area contributed by atoms with Crippen molar-refractivity contribution in [3.63, 3.8) is 0 Å². The maximum atomic E-state index is 14.1. The van der Waals surface area contributed by atoms with E-state index in [0.29, 0.717) is 54.8 Å². The second-order valence-corrected chi connectivity index (χ2v) is 14.5. The Bertz CT molecular complexity index is 1050. The molecule has 0 bridgehead atoms. The quantitative estimate of drug-likeness (QED) is 0.295. The maximum absolute atomic E-state index is 14.1. The largest absolute Gasteiger partial charge is 0.394 e. The fraction of sp³-hybridized carbons (Fsp3) is 0.649. The van der Waals surface area contributed by atoms with Gasteiger partial charge in [0.25, 0.3) is 0 Å². The number of carbonyl (C=O) groups excluding carboxylic acids is 1. The van der Waals surface area contributed by atoms with Gasteiger partial charge in [-0.3, -0.25) is 4.79 Å². The molecule has 0 saturated carbocycles. The summed E-state index contributed by atoms with van der Waals surface area (Å²) < 4.78 is 0. The Balaban J connectivity index is 2.30. The molecule has 3 rings (SSSR count). The van der Waals surface area contributed by atoms with E-state index in [9.17, 15) is 9.90 Å². The van der Waals surface area contributed by atoms with Crippen LogP contribution >= 0.6 is 0 Å². The molecule has 2 aromatic carbocycles. The molecule has 222 valence electrons. The average Bonchev–Trinajstić information content (AvgIpc) is 3.17. The van der Waals surface area contributed by atoms with Gasteiger partial charge in [-0.05, 0) is 99.3 Å². The average molecular weight is 548 g/mol. The Hall–Kier alpha value is -2.13. The molecule has 1 heterocycles. The van der Waals surface area contributed by atoms with Crippen molar-refractivity contribution < 1.29 is 9.90 Å². The molecule has 0 radical (unpaired) electrons. The van der Waals surface area contributed by atoms with Crippen LogP contribution in [0.25, 0.3) is 0 Å². The summed E-state index contributed by atoms with van der Waals surface area (Å²) in [6.45, 7) is 27.3. The molecule has 1 aliphatic heterocycles. The fourth-order valence-corrected chi connectivity index (χ4v) is 6.73. The van der Waals surface area contributed by atoms with Gasteiger partial charge in [0.2, 0.25) is 5.91 Å². The summed E-state index contributed by atoms with van der Waals surface area (Å²) in [6, 6.07) is 9.40. The highest BCUT2D eigenvalue weighted by atomic mass is 16.3. The van der Waals surface area contributed by atoms with Crippen LogP contribution in [0, 0.1) is 5.41 Å². The van der Waals surface area contributed by atoms with Crippen molar-refractivity contribution >= 4 is 5.91 Å². The second-order valence-electron chi connectivity index (χ2n) is 14.5. The molecule has 1 fully saturated rings. The van der Waals surface area contributed by atoms with Crippen LogP contribution in [0.1, 0.15) is 170 Å². The Morgan fingerprint density at radius 3 is 1.20 bits per heavy atom. The lowest BCUT2D eigenvalue weighted by Crippen LogP contribution is -2.37. The monoisotopic (exact) mass is 547 g/mol. The standard InChI is InChI=1S/C37H57NO2/c1-21(2)27-13-30(23(5)6)34(31(14-27)24(7)8)18-37(17-29(20-39)38-36(37)40)19-35-32(25(9)10)15-28(22(3)4)16-33(35)26(11)12/h13-16,21-26,29,39H,17-20H2,1-12H3,(H,38,40)/t29-/m0/s1. The van der Waals surface area contributed by atoms with Crippen LogP contribution in [-0.4, -0.2) is 23.7 Å². The van der Waals surface area contributed by atoms with Crippen LogP contribution < -0.4 is 5.32 Å². The molecule has 0 spiro atoms. The highest BCUT2D eigenvalue weighted by Crippen LogP contribution is 2.45. The molecular weight excluding hydrogens is 490 g/mol. The van der Waals surface area contributed by atoms with E-state index < -0.39 is 5.41 Å². The summed E-state index contributed by atoms with van der Waals surface area (Å²) in [7, 11) is 0. The minimum absolute atomic E-state index is 0.0196. The number of hydrogen-bond acceptors (Lipinski definition) is 2. The molecule has 3 heteroatoms. The van der Waals surface area contributed by atoms with Gasteiger partial charge in [0.15, 0.2) is 0 Å². The number of carbonyl (C=O) groups is 1. The topological polar surface area (TPSA) is 49.3 Å². The summed E-state index contributed by atoms with van der Waals surface area (Å²) in [4.78, 5) is 14.1. The third-order valence-electron chi connectivity index (χ3n) is 9.21. The van der Waals surface area contributed by atoms with Crippen molar-refractivity contribution in [1.82, 2.24) is 5.32 Å². The van der Waals surface area contributed by atoms with E-state index in [4.69, 9.17) is 0 Å². The third-order valence-corrected chi connectivity index (χ3v) is 9.21. The summed E-state index contributed by atoms with van der Waals surface area (Å²) in [5.74, 6) is 2.46. The lowest BCUT2D eigenvalue weighted by molar-refractivity contribution is -0.127. The number of aliphatic hydroxyl groups excluding tert-OH is 1. The summed E-state index contributed by atoms with van der Waals surface area (Å²) >= 11 is 0. The minimum atomic E-state index is -0.605. The lowest BCUT2D eigenvalue weighted by Gasteiger charge is -2.34. The highest BCUT2D eigenvalue weighted by molar-refractivity contribution is 5.86. The zero-order valence-corrected chi connectivity index (χ0v) is 27.5. The van der Waals surface area contributed by atoms with Crippen molar-refractivity contribution in [2.75, 3.05) is 6.61 Å². The molecule has 0 unspecified atom stereocenters. The van der Waals surface area contributed by atoms with Crippen LogP contribution in [0.2, 0.25) is 0 Å². The molecule has 1 aliphatic rings. The van der Waals surface area contributed by atoms with Crippen LogP contribution in [0.15, 0.2) is 24.3 Å². The molecule has 1 amide bonds. The van der Waals surface area contributed by atoms with E-state index in [1.807, 2.05) is 0 Å². The number of amides is 1. The highest BCUT2D eigenvalue weighted by Gasteiger charge is 2.48. The molecule has 0 aliphatic carbocycles. The van der Waals surface area contributed by atoms with Crippen molar-refractivity contribution in [2.24, 2.45) is 5.41 Å². The number of hydrogen-bond donors (Lipinski definition) is 2. The van der Waals surface area contributed by atoms with Gasteiger partial charge in [0.05, 0.1) is 18.1 Å². The van der Waals surface area contributed by atoms with Gasteiger partial charge in [-0.15, -0.1) is 0 Å². The first-order valence-corrected chi connectivity index (χ1v) is 15.9. The first-order valence-electron chi connectivity index (χ1n) is 15.9. The van der Waals surface area contributed by atoms with Gasteiger partial charge in [0, 0.05) is 0 Å². The van der Waals surface area contributed by atoms with Gasteiger partial charge >= 0.3 is 0 Å². The van der Waals surface area contributed by atoms with Gasteiger partial charge in [-0.1, -0.05) is 107 Å². The van der Waals surface area contributed by atoms with Gasteiger partial charge in [-0.2, -0.15) is 0 Å². The van der Waals surface area contributed by atoms with Crippen molar-refractivity contribution in [1.29, 1.82) is 0 Å². The Morgan fingerprint density at radius 2 is 0.975 bits per heavy atom. The van der Waals surface area contributed by atoms with E-state index in [2.05, 4.69) is 113 Å². The number of benzene rings is 2. The smallest absolute Gasteiger partial charge is 0.227 e. The molecular formula is C37H57NO2. The van der Waals surface area contributed by atoms with Crippen LogP contribution in [-0.2, 0) is 17.6 Å². The van der Waals surface area contributed by atoms with Gasteiger partial charge in [-0.25, -0.2) is 0 Å². The van der Waals surface area contributed by atoms with E-state index in [1.165, 1.54) is 44.5 Å². The molecule has 40 heavy (non-hydrogen) atoms. The fourth-order valence-electron chi connectivity index (χ4n) is 6.73. The number of rotatable bonds is 11. The second kappa shape index (κ2) is 12.8. The maximum Gasteiger partial charge on any atom is 0.227 e. The minimum Gasteiger partial charge on any atom is -0.394 e. The Morgan fingerprint density at radius 1 is 0.650 bits per heavy atom. The molecule has 1 atom stereocenters. The summed E-state index contributed by atoms with van der Waals surface area (Å²) in [6.07, 6.45) is 2.07. The van der Waals surface area contributed by atoms with Crippen LogP contribution in [0.3, 0.4) is 0 Å². The summed E-state index contributed by atoms with van der Waals surface area (Å²) in [5.41, 5.74) is 10.3. The third kappa shape index (κ3) is 6.67. The molecule has 2 aromatic rings. The summed E-state index contributed by atoms with van der Waals surface area (Å²) in [5, 5.41) is 13.4. The molecule has 1 saturated heterocycles. The van der Waals surface area contributed by atoms with Gasteiger partial charge < -0.3 is 10.4 Å². The van der Waals surface area contributed by atoms with E-state index in [0.717, 1.165) is 0 Å². The predicted molar refractivity (Wildman–Crippen MR) is 171 cm³/mol. The Labute approximate surface area is 245 Å². The van der Waals surface area contributed by atoms with Gasteiger partial charge in [0.1, 0.15) is 0 Å². The molecule has 2 N–H and O–H groups in total. The van der Waals surface area contributed by atoms with Crippen molar-refractivity contribution in [3.05, 3.63) is 68.8 Å². The first kappa shape index (κ1) is 32.4. The zero-order valence-electron chi connectivity index (χ0n) is 27.5. The molecule has 3 nitrogen and oxygen atoms in total. The van der Waals surface area contributed by atoms with E-state index in [-0.39, 0.29) is 18.6 Å². The molecule has 0 aromatic heterocycles. The van der Waals surface area contributed by atoms with E-state index >= 15 is 0 Å². The van der Waals surface area contributed by atoms with Crippen LogP contribution in [0.5, 0.6) is 0 Å². The van der Waals surface area contributed by atoms with Crippen molar-refractivity contribution in [3.8, 4) is 0 Å².